The van der Waals surface area contributed by atoms with Crippen LogP contribution in [0.2, 0.25) is 0 Å². The van der Waals surface area contributed by atoms with Crippen LogP contribution in [0, 0.1) is 0 Å². The van der Waals surface area contributed by atoms with E-state index in [0.717, 1.165) is 11.1 Å². The van der Waals surface area contributed by atoms with Crippen LogP contribution in [0.1, 0.15) is 31.8 Å². The minimum Gasteiger partial charge on any atom is -0.496 e. The van der Waals surface area contributed by atoms with Crippen molar-refractivity contribution in [3.8, 4) is 5.75 Å². The van der Waals surface area contributed by atoms with Gasteiger partial charge in [0.15, 0.2) is 0 Å². The maximum absolute atomic E-state index is 12.9. The molecule has 0 heterocycles. The zero-order chi connectivity index (χ0) is 20.6. The molecule has 0 bridgehead atoms. The molecule has 148 valence electrons. The molecule has 0 aliphatic heterocycles. The maximum atomic E-state index is 12.9. The Labute approximate surface area is 170 Å². The van der Waals surface area contributed by atoms with Crippen LogP contribution < -0.4 is 4.74 Å². The van der Waals surface area contributed by atoms with Crippen molar-refractivity contribution in [1.29, 1.82) is 0 Å². The highest BCUT2D eigenvalue weighted by Gasteiger charge is 2.21. The van der Waals surface area contributed by atoms with Crippen LogP contribution in [-0.4, -0.2) is 30.9 Å². The van der Waals surface area contributed by atoms with Crippen molar-refractivity contribution in [3.63, 3.8) is 0 Å². The molecule has 29 heavy (non-hydrogen) atoms. The number of hydrogen-bond donors (Lipinski definition) is 0. The van der Waals surface area contributed by atoms with Gasteiger partial charge in [0.1, 0.15) is 12.4 Å². The molecule has 0 aliphatic carbocycles. The van der Waals surface area contributed by atoms with Crippen molar-refractivity contribution in [2.45, 2.75) is 13.2 Å². The molecule has 0 aliphatic rings. The first kappa shape index (κ1) is 20.1. The van der Waals surface area contributed by atoms with Crippen LogP contribution in [0.4, 0.5) is 0 Å². The summed E-state index contributed by atoms with van der Waals surface area (Å²) in [4.78, 5) is 27.2. The molecule has 1 amide bonds. The number of amides is 1. The zero-order valence-corrected chi connectivity index (χ0v) is 16.5. The van der Waals surface area contributed by atoms with Gasteiger partial charge in [-0.05, 0) is 23.8 Å². The van der Waals surface area contributed by atoms with Crippen LogP contribution in [0.15, 0.2) is 78.9 Å². The predicted octanol–water partition coefficient (Wildman–Crippen LogP) is 4.32. The van der Waals surface area contributed by atoms with Crippen molar-refractivity contribution in [2.24, 2.45) is 0 Å². The van der Waals surface area contributed by atoms with Crippen LogP contribution in [0.3, 0.4) is 0 Å². The number of esters is 1. The van der Waals surface area contributed by atoms with Gasteiger partial charge in [0, 0.05) is 19.2 Å². The second-order valence-electron chi connectivity index (χ2n) is 6.58. The third-order valence-corrected chi connectivity index (χ3v) is 4.54. The Balaban J connectivity index is 1.73. The zero-order valence-electron chi connectivity index (χ0n) is 16.5. The van der Waals surface area contributed by atoms with Gasteiger partial charge >= 0.3 is 5.97 Å². The van der Waals surface area contributed by atoms with Gasteiger partial charge in [-0.2, -0.15) is 0 Å². The lowest BCUT2D eigenvalue weighted by atomic mass is 10.1. The van der Waals surface area contributed by atoms with E-state index in [-0.39, 0.29) is 18.1 Å². The fraction of sp³-hybridized carbons (Fsp3) is 0.167. The number of rotatable bonds is 7. The minimum atomic E-state index is -0.548. The molecule has 0 spiro atoms. The van der Waals surface area contributed by atoms with Crippen LogP contribution >= 0.6 is 0 Å². The molecular weight excluding hydrogens is 366 g/mol. The molecule has 5 heteroatoms. The average molecular weight is 389 g/mol. The van der Waals surface area contributed by atoms with Gasteiger partial charge in [-0.3, -0.25) is 4.79 Å². The summed E-state index contributed by atoms with van der Waals surface area (Å²) in [5, 5.41) is 0. The Morgan fingerprint density at radius 1 is 0.828 bits per heavy atom. The molecule has 0 unspecified atom stereocenters. The van der Waals surface area contributed by atoms with Gasteiger partial charge < -0.3 is 14.4 Å². The molecule has 3 rings (SSSR count). The number of carbonyl (C=O) groups excluding carboxylic acids is 2. The normalized spacial score (nSPS) is 10.3. The third-order valence-electron chi connectivity index (χ3n) is 4.54. The van der Waals surface area contributed by atoms with E-state index in [4.69, 9.17) is 9.47 Å². The van der Waals surface area contributed by atoms with Crippen molar-refractivity contribution in [2.75, 3.05) is 14.2 Å². The first-order chi connectivity index (χ1) is 14.1. The molecule has 0 fully saturated rings. The molecule has 3 aromatic rings. The average Bonchev–Trinajstić information content (AvgIpc) is 2.77. The van der Waals surface area contributed by atoms with Crippen molar-refractivity contribution in [1.82, 2.24) is 4.90 Å². The van der Waals surface area contributed by atoms with E-state index in [2.05, 4.69) is 0 Å². The van der Waals surface area contributed by atoms with Crippen molar-refractivity contribution in [3.05, 3.63) is 101 Å². The fourth-order valence-electron chi connectivity index (χ4n) is 3.03. The SMILES string of the molecule is COc1ccccc1COC(=O)c1ccccc1C(=O)N(C)Cc1ccccc1. The maximum Gasteiger partial charge on any atom is 0.339 e. The van der Waals surface area contributed by atoms with Crippen LogP contribution in [0.25, 0.3) is 0 Å². The van der Waals surface area contributed by atoms with Gasteiger partial charge in [-0.15, -0.1) is 0 Å². The van der Waals surface area contributed by atoms with Crippen LogP contribution in [0.5, 0.6) is 5.75 Å². The molecule has 0 N–H and O–H groups in total. The molecule has 0 aromatic heterocycles. The summed E-state index contributed by atoms with van der Waals surface area (Å²) < 4.78 is 10.7. The lowest BCUT2D eigenvalue weighted by Gasteiger charge is -2.19. The van der Waals surface area contributed by atoms with E-state index in [1.54, 1.807) is 49.4 Å². The summed E-state index contributed by atoms with van der Waals surface area (Å²) in [6.45, 7) is 0.509. The number of ether oxygens (including phenoxy) is 2. The monoisotopic (exact) mass is 389 g/mol. The fourth-order valence-corrected chi connectivity index (χ4v) is 3.03. The first-order valence-electron chi connectivity index (χ1n) is 9.27. The number of para-hydroxylation sites is 1. The van der Waals surface area contributed by atoms with Crippen molar-refractivity contribution >= 4 is 11.9 Å². The van der Waals surface area contributed by atoms with E-state index < -0.39 is 5.97 Å². The molecular formula is C24H23NO4. The molecule has 0 radical (unpaired) electrons. The summed E-state index contributed by atoms with van der Waals surface area (Å²) >= 11 is 0. The molecule has 0 saturated carbocycles. The van der Waals surface area contributed by atoms with Crippen molar-refractivity contribution < 1.29 is 19.1 Å². The molecule has 0 atom stereocenters. The predicted molar refractivity (Wildman–Crippen MR) is 111 cm³/mol. The number of nitrogens with zero attached hydrogens (tertiary/aromatic N) is 1. The minimum absolute atomic E-state index is 0.0607. The van der Waals surface area contributed by atoms with E-state index in [1.165, 1.54) is 0 Å². The van der Waals surface area contributed by atoms with E-state index in [0.29, 0.717) is 17.9 Å². The summed E-state index contributed by atoms with van der Waals surface area (Å²) in [6.07, 6.45) is 0. The van der Waals surface area contributed by atoms with Gasteiger partial charge in [0.25, 0.3) is 5.91 Å². The largest absolute Gasteiger partial charge is 0.496 e. The molecule has 5 nitrogen and oxygen atoms in total. The molecule has 3 aromatic carbocycles. The Kier molecular flexibility index (Phi) is 6.63. The highest BCUT2D eigenvalue weighted by molar-refractivity contribution is 6.05. The molecule has 0 saturated heterocycles. The Hall–Kier alpha value is -3.60. The third kappa shape index (κ3) is 5.02. The summed E-state index contributed by atoms with van der Waals surface area (Å²) in [5.74, 6) is -0.140. The Morgan fingerprint density at radius 2 is 1.45 bits per heavy atom. The summed E-state index contributed by atoms with van der Waals surface area (Å²) in [7, 11) is 3.28. The highest BCUT2D eigenvalue weighted by atomic mass is 16.5. The first-order valence-corrected chi connectivity index (χ1v) is 9.27. The quantitative estimate of drug-likeness (QED) is 0.565. The van der Waals surface area contributed by atoms with E-state index in [9.17, 15) is 9.59 Å². The number of methoxy groups -OCH3 is 1. The number of hydrogen-bond acceptors (Lipinski definition) is 4. The Bertz CT molecular complexity index is 985. The van der Waals surface area contributed by atoms with Gasteiger partial charge in [0.2, 0.25) is 0 Å². The smallest absolute Gasteiger partial charge is 0.339 e. The second-order valence-corrected chi connectivity index (χ2v) is 6.58. The van der Waals surface area contributed by atoms with Gasteiger partial charge in [-0.1, -0.05) is 60.7 Å². The van der Waals surface area contributed by atoms with Gasteiger partial charge in [-0.25, -0.2) is 4.79 Å². The second kappa shape index (κ2) is 9.55. The number of benzene rings is 3. The lowest BCUT2D eigenvalue weighted by molar-refractivity contribution is 0.0464. The van der Waals surface area contributed by atoms with E-state index >= 15 is 0 Å². The lowest BCUT2D eigenvalue weighted by Crippen LogP contribution is -2.28. The van der Waals surface area contributed by atoms with Gasteiger partial charge in [0.05, 0.1) is 18.2 Å². The van der Waals surface area contributed by atoms with E-state index in [1.807, 2.05) is 48.5 Å². The Morgan fingerprint density at radius 3 is 2.17 bits per heavy atom. The van der Waals surface area contributed by atoms with Crippen LogP contribution in [-0.2, 0) is 17.9 Å². The standard InChI is InChI=1S/C24H23NO4/c1-25(16-18-10-4-3-5-11-18)23(26)20-13-7-8-14-21(20)24(27)29-17-19-12-6-9-15-22(19)28-2/h3-15H,16-17H2,1-2H3. The summed E-state index contributed by atoms with van der Waals surface area (Å²) in [6, 6.07) is 23.7. The number of carbonyl (C=O) groups is 2. The highest BCUT2D eigenvalue weighted by Crippen LogP contribution is 2.20. The summed E-state index contributed by atoms with van der Waals surface area (Å²) in [5.41, 5.74) is 2.33. The topological polar surface area (TPSA) is 55.8 Å².